The largest absolute Gasteiger partial charge is 0.385 e. The minimum atomic E-state index is 0.356. The molecule has 1 aliphatic rings. The molecule has 1 aliphatic heterocycles. The second-order valence-corrected chi connectivity index (χ2v) is 5.64. The summed E-state index contributed by atoms with van der Waals surface area (Å²) in [7, 11) is 0. The van der Waals surface area contributed by atoms with Crippen LogP contribution in [0, 0.1) is 6.92 Å². The van der Waals surface area contributed by atoms with E-state index in [9.17, 15) is 0 Å². The van der Waals surface area contributed by atoms with Crippen molar-refractivity contribution in [3.05, 3.63) is 29.3 Å². The van der Waals surface area contributed by atoms with Gasteiger partial charge in [0.2, 0.25) is 0 Å². The molecule has 0 bridgehead atoms. The highest BCUT2D eigenvalue weighted by molar-refractivity contribution is 5.53. The third-order valence-electron chi connectivity index (χ3n) is 3.71. The van der Waals surface area contributed by atoms with E-state index in [1.54, 1.807) is 0 Å². The Kier molecular flexibility index (Phi) is 5.23. The number of hydrogen-bond acceptors (Lipinski definition) is 3. The summed E-state index contributed by atoms with van der Waals surface area (Å²) in [4.78, 5) is 0. The Hall–Kier alpha value is -1.06. The monoisotopic (exact) mass is 262 g/mol. The highest BCUT2D eigenvalue weighted by atomic mass is 16.5. The van der Waals surface area contributed by atoms with Crippen molar-refractivity contribution in [2.24, 2.45) is 0 Å². The fourth-order valence-electron chi connectivity index (χ4n) is 2.36. The molecule has 19 heavy (non-hydrogen) atoms. The van der Waals surface area contributed by atoms with Crippen LogP contribution in [0.4, 0.5) is 5.69 Å². The van der Waals surface area contributed by atoms with E-state index < -0.39 is 0 Å². The van der Waals surface area contributed by atoms with Crippen LogP contribution in [0.25, 0.3) is 0 Å². The van der Waals surface area contributed by atoms with E-state index in [1.807, 2.05) is 0 Å². The first-order valence-corrected chi connectivity index (χ1v) is 7.33. The van der Waals surface area contributed by atoms with Gasteiger partial charge >= 0.3 is 0 Å². The maximum atomic E-state index is 5.71. The number of ether oxygens (including phenoxy) is 1. The molecular formula is C16H26N2O. The molecule has 3 heteroatoms. The van der Waals surface area contributed by atoms with Crippen molar-refractivity contribution in [1.29, 1.82) is 0 Å². The van der Waals surface area contributed by atoms with Gasteiger partial charge in [0.15, 0.2) is 0 Å². The molecule has 0 saturated carbocycles. The van der Waals surface area contributed by atoms with E-state index >= 15 is 0 Å². The number of benzene rings is 1. The third-order valence-corrected chi connectivity index (χ3v) is 3.71. The molecule has 3 nitrogen and oxygen atoms in total. The van der Waals surface area contributed by atoms with E-state index in [-0.39, 0.29) is 0 Å². The van der Waals surface area contributed by atoms with Crippen LogP contribution in [-0.2, 0) is 4.74 Å². The van der Waals surface area contributed by atoms with Gasteiger partial charge < -0.3 is 15.4 Å². The van der Waals surface area contributed by atoms with Crippen LogP contribution in [0.3, 0.4) is 0 Å². The minimum absolute atomic E-state index is 0.356. The van der Waals surface area contributed by atoms with Gasteiger partial charge in [-0.3, -0.25) is 0 Å². The maximum Gasteiger partial charge on any atom is 0.0716 e. The predicted molar refractivity (Wildman–Crippen MR) is 81.0 cm³/mol. The minimum Gasteiger partial charge on any atom is -0.385 e. The molecule has 106 valence electrons. The van der Waals surface area contributed by atoms with Crippen molar-refractivity contribution in [3.8, 4) is 0 Å². The summed E-state index contributed by atoms with van der Waals surface area (Å²) < 4.78 is 5.71. The maximum absolute atomic E-state index is 5.71. The van der Waals surface area contributed by atoms with Crippen LogP contribution in [0.1, 0.15) is 37.3 Å². The highest BCUT2D eigenvalue weighted by Crippen LogP contribution is 2.22. The molecule has 0 aromatic heterocycles. The molecular weight excluding hydrogens is 236 g/mol. The highest BCUT2D eigenvalue weighted by Gasteiger charge is 2.12. The Labute approximate surface area is 116 Å². The lowest BCUT2D eigenvalue weighted by Crippen LogP contribution is -2.39. The first kappa shape index (κ1) is 14.4. The Balaban J connectivity index is 1.86. The first-order chi connectivity index (χ1) is 9.16. The zero-order chi connectivity index (χ0) is 13.7. The summed E-state index contributed by atoms with van der Waals surface area (Å²) in [5.74, 6) is 0.576. The lowest BCUT2D eigenvalue weighted by atomic mass is 10.0. The predicted octanol–water partition coefficient (Wildman–Crippen LogP) is 2.91. The molecule has 1 unspecified atom stereocenters. The van der Waals surface area contributed by atoms with Gasteiger partial charge in [0.1, 0.15) is 0 Å². The molecule has 2 N–H and O–H groups in total. The number of rotatable bonds is 5. The van der Waals surface area contributed by atoms with Gasteiger partial charge in [0.25, 0.3) is 0 Å². The van der Waals surface area contributed by atoms with Crippen molar-refractivity contribution in [2.45, 2.75) is 39.2 Å². The van der Waals surface area contributed by atoms with Crippen molar-refractivity contribution in [1.82, 2.24) is 5.32 Å². The van der Waals surface area contributed by atoms with E-state index in [1.165, 1.54) is 16.8 Å². The first-order valence-electron chi connectivity index (χ1n) is 7.33. The van der Waals surface area contributed by atoms with Gasteiger partial charge in [-0.05, 0) is 36.5 Å². The van der Waals surface area contributed by atoms with Crippen molar-refractivity contribution in [3.63, 3.8) is 0 Å². The summed E-state index contributed by atoms with van der Waals surface area (Å²) >= 11 is 0. The van der Waals surface area contributed by atoms with Crippen LogP contribution in [0.2, 0.25) is 0 Å². The van der Waals surface area contributed by atoms with Crippen LogP contribution >= 0.6 is 0 Å². The fourth-order valence-corrected chi connectivity index (χ4v) is 2.36. The topological polar surface area (TPSA) is 33.3 Å². The van der Waals surface area contributed by atoms with Gasteiger partial charge in [-0.25, -0.2) is 0 Å². The Bertz CT molecular complexity index is 398. The summed E-state index contributed by atoms with van der Waals surface area (Å²) in [6.07, 6.45) is 1.41. The Morgan fingerprint density at radius 2 is 2.26 bits per heavy atom. The van der Waals surface area contributed by atoms with Crippen molar-refractivity contribution < 1.29 is 4.74 Å². The molecule has 0 aliphatic carbocycles. The Morgan fingerprint density at radius 1 is 1.42 bits per heavy atom. The number of nitrogens with one attached hydrogen (secondary N) is 2. The quantitative estimate of drug-likeness (QED) is 0.856. The second-order valence-electron chi connectivity index (χ2n) is 5.64. The summed E-state index contributed by atoms with van der Waals surface area (Å²) in [6.45, 7) is 10.4. The number of anilines is 1. The van der Waals surface area contributed by atoms with Crippen LogP contribution in [-0.4, -0.2) is 32.3 Å². The lowest BCUT2D eigenvalue weighted by molar-refractivity contribution is 0.0258. The smallest absolute Gasteiger partial charge is 0.0716 e. The molecule has 1 atom stereocenters. The van der Waals surface area contributed by atoms with Gasteiger partial charge in [0.05, 0.1) is 12.7 Å². The van der Waals surface area contributed by atoms with E-state index in [4.69, 9.17) is 4.74 Å². The molecule has 0 spiro atoms. The fraction of sp³-hybridized carbons (Fsp3) is 0.625. The Morgan fingerprint density at radius 3 is 2.95 bits per heavy atom. The van der Waals surface area contributed by atoms with E-state index in [0.29, 0.717) is 12.0 Å². The molecule has 2 rings (SSSR count). The van der Waals surface area contributed by atoms with Gasteiger partial charge in [-0.2, -0.15) is 0 Å². The molecule has 1 saturated heterocycles. The molecule has 1 aromatic rings. The average molecular weight is 262 g/mol. The van der Waals surface area contributed by atoms with E-state index in [2.05, 4.69) is 49.6 Å². The van der Waals surface area contributed by atoms with Gasteiger partial charge in [-0.15, -0.1) is 0 Å². The van der Waals surface area contributed by atoms with E-state index in [0.717, 1.165) is 32.7 Å². The van der Waals surface area contributed by atoms with Crippen molar-refractivity contribution in [2.75, 3.05) is 31.6 Å². The van der Waals surface area contributed by atoms with Crippen LogP contribution in [0.15, 0.2) is 18.2 Å². The van der Waals surface area contributed by atoms with Gasteiger partial charge in [0, 0.05) is 25.3 Å². The molecule has 1 heterocycles. The lowest BCUT2D eigenvalue weighted by Gasteiger charge is -2.24. The number of aryl methyl sites for hydroxylation is 1. The number of morpholine rings is 1. The van der Waals surface area contributed by atoms with Crippen LogP contribution < -0.4 is 10.6 Å². The normalized spacial score (nSPS) is 19.7. The molecule has 1 aromatic carbocycles. The third kappa shape index (κ3) is 4.22. The molecule has 0 radical (unpaired) electrons. The van der Waals surface area contributed by atoms with Crippen LogP contribution in [0.5, 0.6) is 0 Å². The second kappa shape index (κ2) is 6.92. The zero-order valence-electron chi connectivity index (χ0n) is 12.3. The summed E-state index contributed by atoms with van der Waals surface area (Å²) in [6, 6.07) is 6.70. The average Bonchev–Trinajstić information content (AvgIpc) is 2.42. The van der Waals surface area contributed by atoms with Crippen molar-refractivity contribution >= 4 is 5.69 Å². The van der Waals surface area contributed by atoms with Gasteiger partial charge in [-0.1, -0.05) is 26.0 Å². The number of hydrogen-bond donors (Lipinski definition) is 2. The molecule has 0 amide bonds. The standard InChI is InChI=1S/C16H26N2O/c1-12(2)14-5-4-13(3)16(10-14)18-7-6-15-11-17-8-9-19-15/h4-5,10,12,15,17-18H,6-9,11H2,1-3H3. The summed E-state index contributed by atoms with van der Waals surface area (Å²) in [5.41, 5.74) is 3.96. The zero-order valence-corrected chi connectivity index (χ0v) is 12.3. The molecule has 1 fully saturated rings. The SMILES string of the molecule is Cc1ccc(C(C)C)cc1NCCC1CNCCO1. The summed E-state index contributed by atoms with van der Waals surface area (Å²) in [5, 5.41) is 6.91.